The minimum atomic E-state index is -0.298. The Labute approximate surface area is 135 Å². The van der Waals surface area contributed by atoms with Gasteiger partial charge >= 0.3 is 5.97 Å². The van der Waals surface area contributed by atoms with E-state index in [4.69, 9.17) is 18.9 Å². The Hall–Kier alpha value is -2.69. The van der Waals surface area contributed by atoms with Crippen molar-refractivity contribution in [1.82, 2.24) is 0 Å². The van der Waals surface area contributed by atoms with E-state index >= 15 is 0 Å². The third-order valence-corrected chi connectivity index (χ3v) is 3.39. The second-order valence-electron chi connectivity index (χ2n) is 4.86. The van der Waals surface area contributed by atoms with Crippen LogP contribution in [0.2, 0.25) is 0 Å². The van der Waals surface area contributed by atoms with Crippen LogP contribution in [-0.2, 0) is 22.6 Å². The zero-order valence-corrected chi connectivity index (χ0v) is 13.5. The molecular weight excluding hydrogens is 296 g/mol. The lowest BCUT2D eigenvalue weighted by atomic mass is 10.1. The number of esters is 1. The fraction of sp³-hybridized carbons (Fsp3) is 0.278. The predicted molar refractivity (Wildman–Crippen MR) is 86.0 cm³/mol. The average molecular weight is 316 g/mol. The van der Waals surface area contributed by atoms with Gasteiger partial charge in [-0.15, -0.1) is 0 Å². The molecule has 0 unspecified atom stereocenters. The first-order chi connectivity index (χ1) is 11.2. The van der Waals surface area contributed by atoms with E-state index in [0.717, 1.165) is 16.9 Å². The monoisotopic (exact) mass is 316 g/mol. The summed E-state index contributed by atoms with van der Waals surface area (Å²) in [6.07, 6.45) is 0.211. The number of hydrogen-bond acceptors (Lipinski definition) is 5. The van der Waals surface area contributed by atoms with Gasteiger partial charge in [0.2, 0.25) is 0 Å². The Morgan fingerprint density at radius 2 is 1.52 bits per heavy atom. The third-order valence-electron chi connectivity index (χ3n) is 3.39. The van der Waals surface area contributed by atoms with Crippen LogP contribution in [0.3, 0.4) is 0 Å². The van der Waals surface area contributed by atoms with Crippen molar-refractivity contribution in [2.24, 2.45) is 0 Å². The highest BCUT2D eigenvalue weighted by Crippen LogP contribution is 2.25. The van der Waals surface area contributed by atoms with Crippen molar-refractivity contribution in [3.05, 3.63) is 53.6 Å². The molecule has 5 heteroatoms. The molecular formula is C18H20O5. The van der Waals surface area contributed by atoms with E-state index in [0.29, 0.717) is 11.5 Å². The summed E-state index contributed by atoms with van der Waals surface area (Å²) in [5, 5.41) is 0. The molecule has 0 heterocycles. The topological polar surface area (TPSA) is 54.0 Å². The minimum Gasteiger partial charge on any atom is -0.497 e. The summed E-state index contributed by atoms with van der Waals surface area (Å²) in [5.41, 5.74) is 1.66. The maximum absolute atomic E-state index is 11.9. The number of hydrogen-bond donors (Lipinski definition) is 0. The van der Waals surface area contributed by atoms with E-state index in [1.807, 2.05) is 30.3 Å². The van der Waals surface area contributed by atoms with Crippen LogP contribution in [-0.4, -0.2) is 27.3 Å². The Morgan fingerprint density at radius 1 is 0.870 bits per heavy atom. The predicted octanol–water partition coefficient (Wildman–Crippen LogP) is 3.00. The second-order valence-corrected chi connectivity index (χ2v) is 4.86. The van der Waals surface area contributed by atoms with E-state index in [1.165, 1.54) is 0 Å². The first kappa shape index (κ1) is 16.7. The van der Waals surface area contributed by atoms with Crippen molar-refractivity contribution in [3.8, 4) is 17.2 Å². The normalized spacial score (nSPS) is 10.0. The van der Waals surface area contributed by atoms with Crippen molar-refractivity contribution >= 4 is 5.97 Å². The van der Waals surface area contributed by atoms with Crippen LogP contribution < -0.4 is 14.2 Å². The van der Waals surface area contributed by atoms with Gasteiger partial charge in [0.15, 0.2) is 0 Å². The minimum absolute atomic E-state index is 0.155. The molecule has 0 aliphatic rings. The summed E-state index contributed by atoms with van der Waals surface area (Å²) >= 11 is 0. The number of rotatable bonds is 7. The standard InChI is InChI=1S/C18H20O5/c1-20-15-7-4-13(5-8-15)10-18(19)23-12-14-6-9-16(21-2)11-17(14)22-3/h4-9,11H,10,12H2,1-3H3. The fourth-order valence-electron chi connectivity index (χ4n) is 2.09. The van der Waals surface area contributed by atoms with Gasteiger partial charge in [-0.25, -0.2) is 0 Å². The van der Waals surface area contributed by atoms with Crippen molar-refractivity contribution in [3.63, 3.8) is 0 Å². The van der Waals surface area contributed by atoms with Crippen LogP contribution in [0, 0.1) is 0 Å². The zero-order valence-electron chi connectivity index (χ0n) is 13.5. The Kier molecular flexibility index (Phi) is 5.86. The number of methoxy groups -OCH3 is 3. The molecule has 2 rings (SSSR count). The first-order valence-corrected chi connectivity index (χ1v) is 7.15. The highest BCUT2D eigenvalue weighted by molar-refractivity contribution is 5.72. The van der Waals surface area contributed by atoms with Crippen LogP contribution in [0.15, 0.2) is 42.5 Å². The number of carbonyl (C=O) groups excluding carboxylic acids is 1. The molecule has 0 N–H and O–H groups in total. The van der Waals surface area contributed by atoms with Crippen molar-refractivity contribution in [2.45, 2.75) is 13.0 Å². The molecule has 2 aromatic carbocycles. The SMILES string of the molecule is COc1ccc(CC(=O)OCc2ccc(OC)cc2OC)cc1. The van der Waals surface area contributed by atoms with Crippen molar-refractivity contribution in [1.29, 1.82) is 0 Å². The van der Waals surface area contributed by atoms with Crippen LogP contribution in [0.25, 0.3) is 0 Å². The molecule has 0 aliphatic carbocycles. The Balaban J connectivity index is 1.93. The van der Waals surface area contributed by atoms with Gasteiger partial charge in [0.25, 0.3) is 0 Å². The van der Waals surface area contributed by atoms with Gasteiger partial charge in [-0.2, -0.15) is 0 Å². The molecule has 0 radical (unpaired) electrons. The number of ether oxygens (including phenoxy) is 4. The molecule has 0 bridgehead atoms. The van der Waals surface area contributed by atoms with Crippen LogP contribution in [0.1, 0.15) is 11.1 Å². The summed E-state index contributed by atoms with van der Waals surface area (Å²) in [4.78, 5) is 11.9. The molecule has 5 nitrogen and oxygen atoms in total. The lowest BCUT2D eigenvalue weighted by Gasteiger charge is -2.11. The zero-order chi connectivity index (χ0) is 16.7. The second kappa shape index (κ2) is 8.08. The highest BCUT2D eigenvalue weighted by atomic mass is 16.5. The van der Waals surface area contributed by atoms with Gasteiger partial charge in [0.05, 0.1) is 27.8 Å². The number of carbonyl (C=O) groups is 1. The molecule has 122 valence electrons. The highest BCUT2D eigenvalue weighted by Gasteiger charge is 2.09. The van der Waals surface area contributed by atoms with E-state index in [-0.39, 0.29) is 19.0 Å². The van der Waals surface area contributed by atoms with Crippen molar-refractivity contribution in [2.75, 3.05) is 21.3 Å². The van der Waals surface area contributed by atoms with Gasteiger partial charge < -0.3 is 18.9 Å². The first-order valence-electron chi connectivity index (χ1n) is 7.15. The van der Waals surface area contributed by atoms with E-state index < -0.39 is 0 Å². The lowest BCUT2D eigenvalue weighted by Crippen LogP contribution is -2.08. The van der Waals surface area contributed by atoms with Crippen molar-refractivity contribution < 1.29 is 23.7 Å². The summed E-state index contributed by atoms with van der Waals surface area (Å²) in [6.45, 7) is 0.155. The third kappa shape index (κ3) is 4.64. The Morgan fingerprint density at radius 3 is 2.13 bits per heavy atom. The summed E-state index contributed by atoms with van der Waals surface area (Å²) in [7, 11) is 4.76. The van der Waals surface area contributed by atoms with E-state index in [9.17, 15) is 4.79 Å². The summed E-state index contributed by atoms with van der Waals surface area (Å²) in [5.74, 6) is 1.77. The van der Waals surface area contributed by atoms with Gasteiger partial charge in [0, 0.05) is 11.6 Å². The molecule has 0 spiro atoms. The molecule has 2 aromatic rings. The molecule has 0 amide bonds. The van der Waals surface area contributed by atoms with Gasteiger partial charge in [0.1, 0.15) is 23.9 Å². The molecule has 0 aliphatic heterocycles. The number of benzene rings is 2. The molecule has 0 atom stereocenters. The molecule has 0 fully saturated rings. The van der Waals surface area contributed by atoms with Gasteiger partial charge in [-0.1, -0.05) is 12.1 Å². The maximum Gasteiger partial charge on any atom is 0.310 e. The fourth-order valence-corrected chi connectivity index (χ4v) is 2.09. The smallest absolute Gasteiger partial charge is 0.310 e. The maximum atomic E-state index is 11.9. The van der Waals surface area contributed by atoms with Crippen LogP contribution in [0.5, 0.6) is 17.2 Å². The summed E-state index contributed by atoms with van der Waals surface area (Å²) < 4.78 is 20.8. The molecule has 0 saturated carbocycles. The quantitative estimate of drug-likeness (QED) is 0.735. The average Bonchev–Trinajstić information content (AvgIpc) is 2.60. The van der Waals surface area contributed by atoms with Crippen LogP contribution in [0.4, 0.5) is 0 Å². The van der Waals surface area contributed by atoms with Gasteiger partial charge in [-0.05, 0) is 29.8 Å². The van der Waals surface area contributed by atoms with Crippen LogP contribution >= 0.6 is 0 Å². The Bertz CT molecular complexity index is 649. The molecule has 0 saturated heterocycles. The van der Waals surface area contributed by atoms with E-state index in [1.54, 1.807) is 33.5 Å². The summed E-state index contributed by atoms with van der Waals surface area (Å²) in [6, 6.07) is 12.7. The molecule has 23 heavy (non-hydrogen) atoms. The largest absolute Gasteiger partial charge is 0.497 e. The van der Waals surface area contributed by atoms with E-state index in [2.05, 4.69) is 0 Å². The lowest BCUT2D eigenvalue weighted by molar-refractivity contribution is -0.144. The van der Waals surface area contributed by atoms with Gasteiger partial charge in [-0.3, -0.25) is 4.79 Å². The molecule has 0 aromatic heterocycles.